The highest BCUT2D eigenvalue weighted by molar-refractivity contribution is 7.89. The Labute approximate surface area is 155 Å². The number of rotatable bonds is 4. The van der Waals surface area contributed by atoms with E-state index in [0.29, 0.717) is 44.2 Å². The number of hydrogen-bond donors (Lipinski definition) is 0. The molecule has 0 spiro atoms. The first-order valence-corrected chi connectivity index (χ1v) is 10.8. The van der Waals surface area contributed by atoms with Gasteiger partial charge in [0.2, 0.25) is 15.9 Å². The third kappa shape index (κ3) is 4.10. The summed E-state index contributed by atoms with van der Waals surface area (Å²) in [6, 6.07) is 0. The van der Waals surface area contributed by atoms with Crippen LogP contribution in [0.5, 0.6) is 0 Å². The zero-order valence-corrected chi connectivity index (χ0v) is 16.4. The van der Waals surface area contributed by atoms with Crippen molar-refractivity contribution in [1.29, 1.82) is 0 Å². The lowest BCUT2D eigenvalue weighted by atomic mass is 10.2. The van der Waals surface area contributed by atoms with E-state index in [1.165, 1.54) is 17.1 Å². The molecule has 0 saturated carbocycles. The molecule has 0 unspecified atom stereocenters. The van der Waals surface area contributed by atoms with E-state index < -0.39 is 10.0 Å². The second kappa shape index (κ2) is 8.06. The van der Waals surface area contributed by atoms with E-state index in [4.69, 9.17) is 4.52 Å². The Balaban J connectivity index is 1.56. The number of aryl methyl sites for hydroxylation is 2. The molecule has 8 nitrogen and oxygen atoms in total. The molecular weight excluding hydrogens is 356 g/mol. The van der Waals surface area contributed by atoms with Crippen molar-refractivity contribution in [3.63, 3.8) is 0 Å². The highest BCUT2D eigenvalue weighted by atomic mass is 32.2. The first kappa shape index (κ1) is 19.3. The fourth-order valence-corrected chi connectivity index (χ4v) is 5.42. The van der Waals surface area contributed by atoms with Crippen LogP contribution in [-0.2, 0) is 14.8 Å². The number of piperazine rings is 1. The summed E-state index contributed by atoms with van der Waals surface area (Å²) in [6.45, 7) is 7.18. The van der Waals surface area contributed by atoms with Crippen LogP contribution in [0.1, 0.15) is 37.1 Å². The molecule has 2 aliphatic heterocycles. The maximum absolute atomic E-state index is 12.8. The molecule has 1 aromatic rings. The number of aromatic nitrogens is 1. The molecule has 0 atom stereocenters. The molecule has 0 radical (unpaired) electrons. The molecule has 2 saturated heterocycles. The zero-order valence-electron chi connectivity index (χ0n) is 15.6. The number of carbonyl (C=O) groups is 1. The number of hydrogen-bond acceptors (Lipinski definition) is 6. The summed E-state index contributed by atoms with van der Waals surface area (Å²) >= 11 is 0. The molecule has 26 heavy (non-hydrogen) atoms. The predicted molar refractivity (Wildman–Crippen MR) is 96.2 cm³/mol. The molecule has 1 aromatic heterocycles. The summed E-state index contributed by atoms with van der Waals surface area (Å²) in [5, 5.41) is 3.75. The van der Waals surface area contributed by atoms with Crippen LogP contribution >= 0.6 is 0 Å². The largest absolute Gasteiger partial charge is 0.360 e. The smallest absolute Gasteiger partial charge is 0.248 e. The molecular formula is C17H28N4O4S. The van der Waals surface area contributed by atoms with Crippen LogP contribution < -0.4 is 0 Å². The van der Waals surface area contributed by atoms with E-state index in [9.17, 15) is 13.2 Å². The summed E-state index contributed by atoms with van der Waals surface area (Å²) in [7, 11) is -3.60. The Morgan fingerprint density at radius 1 is 1.00 bits per heavy atom. The molecule has 146 valence electrons. The van der Waals surface area contributed by atoms with Crippen molar-refractivity contribution in [2.24, 2.45) is 0 Å². The highest BCUT2D eigenvalue weighted by Gasteiger charge is 2.33. The quantitative estimate of drug-likeness (QED) is 0.770. The second-order valence-electron chi connectivity index (χ2n) is 7.13. The van der Waals surface area contributed by atoms with E-state index in [0.717, 1.165) is 25.9 Å². The van der Waals surface area contributed by atoms with Gasteiger partial charge in [-0.05, 0) is 26.7 Å². The Hall–Kier alpha value is -1.45. The van der Waals surface area contributed by atoms with Crippen molar-refractivity contribution in [3.8, 4) is 0 Å². The van der Waals surface area contributed by atoms with Crippen molar-refractivity contribution >= 4 is 15.9 Å². The SMILES string of the molecule is Cc1noc(C)c1S(=O)(=O)N1CCN(CC(=O)N2CCCCCC2)CC1. The number of likely N-dealkylation sites (tertiary alicyclic amines) is 1. The first-order chi connectivity index (χ1) is 12.4. The van der Waals surface area contributed by atoms with Crippen LogP contribution in [0.4, 0.5) is 0 Å². The van der Waals surface area contributed by atoms with E-state index in [-0.39, 0.29) is 10.8 Å². The van der Waals surface area contributed by atoms with E-state index >= 15 is 0 Å². The maximum atomic E-state index is 12.8. The van der Waals surface area contributed by atoms with Crippen LogP contribution in [0, 0.1) is 13.8 Å². The molecule has 0 aromatic carbocycles. The van der Waals surface area contributed by atoms with Gasteiger partial charge >= 0.3 is 0 Å². The topological polar surface area (TPSA) is 87.0 Å². The summed E-state index contributed by atoms with van der Waals surface area (Å²) in [6.07, 6.45) is 4.55. The lowest BCUT2D eigenvalue weighted by Crippen LogP contribution is -2.51. The number of amides is 1. The first-order valence-electron chi connectivity index (χ1n) is 9.33. The Morgan fingerprint density at radius 2 is 1.62 bits per heavy atom. The fourth-order valence-electron chi connectivity index (χ4n) is 3.71. The summed E-state index contributed by atoms with van der Waals surface area (Å²) in [5.41, 5.74) is 0.390. The average molecular weight is 385 g/mol. The minimum Gasteiger partial charge on any atom is -0.360 e. The average Bonchev–Trinajstić information content (AvgIpc) is 2.81. The molecule has 0 bridgehead atoms. The van der Waals surface area contributed by atoms with Gasteiger partial charge in [0.05, 0.1) is 6.54 Å². The lowest BCUT2D eigenvalue weighted by molar-refractivity contribution is -0.132. The normalized spacial score (nSPS) is 20.9. The number of carbonyl (C=O) groups excluding carboxylic acids is 1. The van der Waals surface area contributed by atoms with Gasteiger partial charge in [-0.15, -0.1) is 0 Å². The van der Waals surface area contributed by atoms with Gasteiger partial charge in [0.25, 0.3) is 0 Å². The molecule has 1 amide bonds. The van der Waals surface area contributed by atoms with Crippen LogP contribution in [0.15, 0.2) is 9.42 Å². The van der Waals surface area contributed by atoms with Crippen LogP contribution in [0.2, 0.25) is 0 Å². The van der Waals surface area contributed by atoms with Crippen LogP contribution in [0.25, 0.3) is 0 Å². The van der Waals surface area contributed by atoms with Gasteiger partial charge in [0, 0.05) is 39.3 Å². The Bertz CT molecular complexity index is 710. The van der Waals surface area contributed by atoms with Crippen molar-refractivity contribution in [3.05, 3.63) is 11.5 Å². The van der Waals surface area contributed by atoms with E-state index in [1.807, 2.05) is 9.80 Å². The fraction of sp³-hybridized carbons (Fsp3) is 0.765. The molecule has 2 fully saturated rings. The summed E-state index contributed by atoms with van der Waals surface area (Å²) in [5.74, 6) is 0.482. The van der Waals surface area contributed by atoms with E-state index in [2.05, 4.69) is 5.16 Å². The maximum Gasteiger partial charge on any atom is 0.248 e. The van der Waals surface area contributed by atoms with Crippen molar-refractivity contribution < 1.29 is 17.7 Å². The zero-order chi connectivity index (χ0) is 18.7. The molecule has 3 heterocycles. The highest BCUT2D eigenvalue weighted by Crippen LogP contribution is 2.24. The van der Waals surface area contributed by atoms with Crippen molar-refractivity contribution in [2.75, 3.05) is 45.8 Å². The summed E-state index contributed by atoms with van der Waals surface area (Å²) in [4.78, 5) is 16.7. The predicted octanol–water partition coefficient (Wildman–Crippen LogP) is 1.00. The van der Waals surface area contributed by atoms with Gasteiger partial charge in [-0.1, -0.05) is 18.0 Å². The Morgan fingerprint density at radius 3 is 2.15 bits per heavy atom. The molecule has 0 N–H and O–H groups in total. The minimum atomic E-state index is -3.60. The standard InChI is InChI=1S/C17H28N4O4S/c1-14-17(15(2)25-18-14)26(23,24)21-11-9-19(10-12-21)13-16(22)20-7-5-3-4-6-8-20/h3-13H2,1-2H3. The molecule has 2 aliphatic rings. The van der Waals surface area contributed by atoms with Crippen LogP contribution in [-0.4, -0.2) is 79.4 Å². The second-order valence-corrected chi connectivity index (χ2v) is 9.00. The molecule has 0 aliphatic carbocycles. The summed E-state index contributed by atoms with van der Waals surface area (Å²) < 4.78 is 32.1. The van der Waals surface area contributed by atoms with Gasteiger partial charge < -0.3 is 9.42 Å². The molecule has 3 rings (SSSR count). The van der Waals surface area contributed by atoms with Gasteiger partial charge in [-0.3, -0.25) is 9.69 Å². The van der Waals surface area contributed by atoms with E-state index in [1.54, 1.807) is 13.8 Å². The van der Waals surface area contributed by atoms with Gasteiger partial charge in [-0.2, -0.15) is 4.31 Å². The monoisotopic (exact) mass is 384 g/mol. The Kier molecular flexibility index (Phi) is 5.99. The van der Waals surface area contributed by atoms with Gasteiger partial charge in [-0.25, -0.2) is 8.42 Å². The lowest BCUT2D eigenvalue weighted by Gasteiger charge is -2.34. The third-order valence-corrected chi connectivity index (χ3v) is 7.36. The minimum absolute atomic E-state index is 0.161. The number of nitrogens with zero attached hydrogens (tertiary/aromatic N) is 4. The van der Waals surface area contributed by atoms with Crippen molar-refractivity contribution in [1.82, 2.24) is 19.3 Å². The van der Waals surface area contributed by atoms with Crippen molar-refractivity contribution in [2.45, 2.75) is 44.4 Å². The van der Waals surface area contributed by atoms with Crippen LogP contribution in [0.3, 0.4) is 0 Å². The van der Waals surface area contributed by atoms with Gasteiger partial charge in [0.1, 0.15) is 10.6 Å². The third-order valence-electron chi connectivity index (χ3n) is 5.21. The number of sulfonamides is 1. The molecule has 9 heteroatoms. The van der Waals surface area contributed by atoms with Gasteiger partial charge in [0.15, 0.2) is 5.76 Å².